The van der Waals surface area contributed by atoms with E-state index in [1.54, 1.807) is 20.0 Å². The number of aromatic nitrogens is 2. The average molecular weight is 408 g/mol. The first kappa shape index (κ1) is 22.3. The highest BCUT2D eigenvalue weighted by molar-refractivity contribution is 5.94. The molecule has 0 aliphatic carbocycles. The molecular formula is C18H28N6O5. The van der Waals surface area contributed by atoms with Gasteiger partial charge in [0.25, 0.3) is 0 Å². The maximum Gasteiger partial charge on any atom is 0.326 e. The van der Waals surface area contributed by atoms with Gasteiger partial charge in [-0.15, -0.1) is 0 Å². The SMILES string of the molecule is CC(C)C(NC(=O)C1CCCN1C(=O)C(Cc1cnc[nH]1)NC(=O)CN)C(=O)O. The lowest BCUT2D eigenvalue weighted by Crippen LogP contribution is -2.56. The van der Waals surface area contributed by atoms with Crippen molar-refractivity contribution < 1.29 is 24.3 Å². The zero-order valence-electron chi connectivity index (χ0n) is 16.6. The Bertz CT molecular complexity index is 735. The van der Waals surface area contributed by atoms with Gasteiger partial charge in [-0.1, -0.05) is 13.8 Å². The van der Waals surface area contributed by atoms with Crippen LogP contribution in [0, 0.1) is 5.92 Å². The number of carboxylic acids is 1. The molecule has 3 unspecified atom stereocenters. The van der Waals surface area contributed by atoms with Crippen LogP contribution in [0.15, 0.2) is 12.5 Å². The highest BCUT2D eigenvalue weighted by atomic mass is 16.4. The number of likely N-dealkylation sites (tertiary alicyclic amines) is 1. The summed E-state index contributed by atoms with van der Waals surface area (Å²) in [6.45, 7) is 3.46. The van der Waals surface area contributed by atoms with E-state index >= 15 is 0 Å². The second-order valence-electron chi connectivity index (χ2n) is 7.36. The third-order valence-corrected chi connectivity index (χ3v) is 4.87. The average Bonchev–Trinajstić information content (AvgIpc) is 3.35. The Morgan fingerprint density at radius 1 is 1.34 bits per heavy atom. The number of rotatable bonds is 9. The predicted molar refractivity (Wildman–Crippen MR) is 102 cm³/mol. The van der Waals surface area contributed by atoms with E-state index in [9.17, 15) is 24.3 Å². The summed E-state index contributed by atoms with van der Waals surface area (Å²) in [6.07, 6.45) is 4.20. The predicted octanol–water partition coefficient (Wildman–Crippen LogP) is -1.39. The van der Waals surface area contributed by atoms with E-state index in [-0.39, 0.29) is 18.9 Å². The van der Waals surface area contributed by atoms with Gasteiger partial charge < -0.3 is 31.4 Å². The van der Waals surface area contributed by atoms with Gasteiger partial charge in [-0.05, 0) is 18.8 Å². The van der Waals surface area contributed by atoms with Crippen LogP contribution in [0.25, 0.3) is 0 Å². The van der Waals surface area contributed by atoms with Crippen LogP contribution in [-0.4, -0.2) is 74.9 Å². The smallest absolute Gasteiger partial charge is 0.326 e. The van der Waals surface area contributed by atoms with Crippen LogP contribution < -0.4 is 16.4 Å². The summed E-state index contributed by atoms with van der Waals surface area (Å²) >= 11 is 0. The number of carbonyl (C=O) groups excluding carboxylic acids is 3. The number of amides is 3. The summed E-state index contributed by atoms with van der Waals surface area (Å²) in [5, 5.41) is 14.4. The lowest BCUT2D eigenvalue weighted by molar-refractivity contribution is -0.145. The molecule has 160 valence electrons. The van der Waals surface area contributed by atoms with Crippen molar-refractivity contribution >= 4 is 23.7 Å². The number of imidazole rings is 1. The molecule has 0 saturated carbocycles. The summed E-state index contributed by atoms with van der Waals surface area (Å²) in [5.74, 6) is -2.86. The molecule has 11 heteroatoms. The van der Waals surface area contributed by atoms with Gasteiger partial charge in [0.05, 0.1) is 12.9 Å². The lowest BCUT2D eigenvalue weighted by Gasteiger charge is -2.29. The highest BCUT2D eigenvalue weighted by Crippen LogP contribution is 2.20. The lowest BCUT2D eigenvalue weighted by atomic mass is 10.0. The van der Waals surface area contributed by atoms with Crippen molar-refractivity contribution in [2.24, 2.45) is 11.7 Å². The molecule has 3 amide bonds. The molecule has 1 aromatic rings. The molecule has 1 saturated heterocycles. The molecule has 0 aromatic carbocycles. The fraction of sp³-hybridized carbons (Fsp3) is 0.611. The number of carboxylic acid groups (broad SMARTS) is 1. The Hall–Kier alpha value is -2.95. The Balaban J connectivity index is 2.15. The van der Waals surface area contributed by atoms with Crippen molar-refractivity contribution in [1.29, 1.82) is 0 Å². The van der Waals surface area contributed by atoms with E-state index in [0.717, 1.165) is 0 Å². The number of H-pyrrole nitrogens is 1. The molecule has 0 radical (unpaired) electrons. The van der Waals surface area contributed by atoms with Crippen LogP contribution in [0.3, 0.4) is 0 Å². The first-order valence-electron chi connectivity index (χ1n) is 9.55. The second kappa shape index (κ2) is 10.0. The van der Waals surface area contributed by atoms with Gasteiger partial charge in [0.1, 0.15) is 18.1 Å². The molecule has 3 atom stereocenters. The van der Waals surface area contributed by atoms with Crippen molar-refractivity contribution in [3.05, 3.63) is 18.2 Å². The number of nitrogens with two attached hydrogens (primary N) is 1. The summed E-state index contributed by atoms with van der Waals surface area (Å²) in [7, 11) is 0. The fourth-order valence-corrected chi connectivity index (χ4v) is 3.34. The Morgan fingerprint density at radius 2 is 2.07 bits per heavy atom. The highest BCUT2D eigenvalue weighted by Gasteiger charge is 2.39. The van der Waals surface area contributed by atoms with E-state index in [1.165, 1.54) is 11.2 Å². The molecule has 1 aliphatic rings. The Morgan fingerprint density at radius 3 is 2.62 bits per heavy atom. The van der Waals surface area contributed by atoms with Crippen molar-refractivity contribution in [2.75, 3.05) is 13.1 Å². The van der Waals surface area contributed by atoms with E-state index in [1.807, 2.05) is 0 Å². The third kappa shape index (κ3) is 5.76. The Labute approximate surface area is 168 Å². The molecule has 29 heavy (non-hydrogen) atoms. The zero-order valence-corrected chi connectivity index (χ0v) is 16.6. The van der Waals surface area contributed by atoms with Crippen LogP contribution >= 0.6 is 0 Å². The van der Waals surface area contributed by atoms with Gasteiger partial charge in [0.15, 0.2) is 0 Å². The molecule has 1 aromatic heterocycles. The van der Waals surface area contributed by atoms with Gasteiger partial charge in [-0.3, -0.25) is 14.4 Å². The number of hydrogen-bond donors (Lipinski definition) is 5. The molecule has 11 nitrogen and oxygen atoms in total. The molecule has 0 bridgehead atoms. The minimum Gasteiger partial charge on any atom is -0.480 e. The molecule has 1 fully saturated rings. The minimum atomic E-state index is -1.13. The molecule has 0 spiro atoms. The number of hydrogen-bond acceptors (Lipinski definition) is 6. The zero-order chi connectivity index (χ0) is 21.6. The van der Waals surface area contributed by atoms with Gasteiger partial charge >= 0.3 is 5.97 Å². The summed E-state index contributed by atoms with van der Waals surface area (Å²) in [5.41, 5.74) is 6.00. The van der Waals surface area contributed by atoms with Crippen molar-refractivity contribution in [2.45, 2.75) is 51.2 Å². The van der Waals surface area contributed by atoms with E-state index < -0.39 is 41.8 Å². The van der Waals surface area contributed by atoms with Crippen LogP contribution in [0.2, 0.25) is 0 Å². The summed E-state index contributed by atoms with van der Waals surface area (Å²) in [4.78, 5) is 57.2. The molecule has 1 aliphatic heterocycles. The molecule has 2 heterocycles. The maximum absolute atomic E-state index is 13.1. The molecule has 6 N–H and O–H groups in total. The minimum absolute atomic E-state index is 0.166. The summed E-state index contributed by atoms with van der Waals surface area (Å²) < 4.78 is 0. The number of nitrogens with one attached hydrogen (secondary N) is 3. The fourth-order valence-electron chi connectivity index (χ4n) is 3.34. The van der Waals surface area contributed by atoms with Crippen LogP contribution in [0.1, 0.15) is 32.4 Å². The first-order chi connectivity index (χ1) is 13.7. The van der Waals surface area contributed by atoms with E-state index in [4.69, 9.17) is 5.73 Å². The van der Waals surface area contributed by atoms with Crippen LogP contribution in [0.4, 0.5) is 0 Å². The number of aromatic amines is 1. The largest absolute Gasteiger partial charge is 0.480 e. The molecular weight excluding hydrogens is 380 g/mol. The number of aliphatic carboxylic acids is 1. The van der Waals surface area contributed by atoms with Gasteiger partial charge in [0, 0.05) is 24.9 Å². The topological polar surface area (TPSA) is 171 Å². The monoisotopic (exact) mass is 408 g/mol. The number of carbonyl (C=O) groups is 4. The maximum atomic E-state index is 13.1. The first-order valence-corrected chi connectivity index (χ1v) is 9.55. The Kier molecular flexibility index (Phi) is 7.71. The van der Waals surface area contributed by atoms with Crippen molar-refractivity contribution in [1.82, 2.24) is 25.5 Å². The standard InChI is InChI=1S/C18H28N6O5/c1-10(2)15(18(28)29)23-16(26)13-4-3-5-24(13)17(27)12(22-14(25)7-19)6-11-8-20-9-21-11/h8-10,12-13,15H,3-7,19H2,1-2H3,(H,20,21)(H,22,25)(H,23,26)(H,28,29). The molecule has 2 rings (SSSR count). The normalized spacial score (nSPS) is 18.3. The quantitative estimate of drug-likeness (QED) is 0.335. The van der Waals surface area contributed by atoms with Crippen molar-refractivity contribution in [3.8, 4) is 0 Å². The van der Waals surface area contributed by atoms with Gasteiger partial charge in [-0.25, -0.2) is 9.78 Å². The van der Waals surface area contributed by atoms with Crippen molar-refractivity contribution in [3.63, 3.8) is 0 Å². The summed E-state index contributed by atoms with van der Waals surface area (Å²) in [6, 6.07) is -2.75. The van der Waals surface area contributed by atoms with Gasteiger partial charge in [-0.2, -0.15) is 0 Å². The van der Waals surface area contributed by atoms with Crippen LogP contribution in [-0.2, 0) is 25.6 Å². The van der Waals surface area contributed by atoms with Gasteiger partial charge in [0.2, 0.25) is 17.7 Å². The second-order valence-corrected chi connectivity index (χ2v) is 7.36. The van der Waals surface area contributed by atoms with Crippen LogP contribution in [0.5, 0.6) is 0 Å². The van der Waals surface area contributed by atoms with E-state index in [2.05, 4.69) is 20.6 Å². The van der Waals surface area contributed by atoms with E-state index in [0.29, 0.717) is 25.1 Å². The number of nitrogens with zero attached hydrogens (tertiary/aromatic N) is 2. The third-order valence-electron chi connectivity index (χ3n) is 4.87.